The summed E-state index contributed by atoms with van der Waals surface area (Å²) in [5, 5.41) is 14.3. The zero-order valence-corrected chi connectivity index (χ0v) is 12.3. The third kappa shape index (κ3) is 4.28. The Balaban J connectivity index is 2.05. The van der Waals surface area contributed by atoms with Crippen LogP contribution < -0.4 is 10.2 Å². The van der Waals surface area contributed by atoms with Crippen molar-refractivity contribution >= 4 is 29.0 Å². The average Bonchev–Trinajstić information content (AvgIpc) is 2.88. The standard InChI is InChI=1S/C14H15N3O3S/c1-10-9-21-12(16-10)7-15-14(20)17(8-13(18)19)11-5-3-2-4-6-11/h2-6,9H,7-8H2,1H3,(H,15,20)(H,18,19). The van der Waals surface area contributed by atoms with Crippen molar-refractivity contribution in [2.45, 2.75) is 13.5 Å². The predicted octanol–water partition coefficient (Wildman–Crippen LogP) is 2.25. The molecule has 1 heterocycles. The maximum absolute atomic E-state index is 12.2. The summed E-state index contributed by atoms with van der Waals surface area (Å²) in [4.78, 5) is 28.5. The number of urea groups is 1. The number of anilines is 1. The Morgan fingerprint density at radius 2 is 2.05 bits per heavy atom. The molecule has 7 heteroatoms. The summed E-state index contributed by atoms with van der Waals surface area (Å²) in [6, 6.07) is 8.23. The number of aliphatic carboxylic acids is 1. The number of amides is 2. The number of hydrogen-bond acceptors (Lipinski definition) is 4. The molecule has 21 heavy (non-hydrogen) atoms. The van der Waals surface area contributed by atoms with E-state index in [1.165, 1.54) is 16.2 Å². The summed E-state index contributed by atoms with van der Waals surface area (Å²) in [7, 11) is 0. The van der Waals surface area contributed by atoms with Crippen LogP contribution in [0.2, 0.25) is 0 Å². The molecule has 2 aromatic rings. The van der Waals surface area contributed by atoms with Gasteiger partial charge in [-0.3, -0.25) is 9.69 Å². The van der Waals surface area contributed by atoms with E-state index in [0.717, 1.165) is 10.7 Å². The van der Waals surface area contributed by atoms with Gasteiger partial charge in [0.15, 0.2) is 0 Å². The molecule has 0 atom stereocenters. The number of aryl methyl sites for hydroxylation is 1. The van der Waals surface area contributed by atoms with E-state index in [9.17, 15) is 9.59 Å². The lowest BCUT2D eigenvalue weighted by Crippen LogP contribution is -2.42. The van der Waals surface area contributed by atoms with Crippen molar-refractivity contribution in [2.24, 2.45) is 0 Å². The SMILES string of the molecule is Cc1csc(CNC(=O)N(CC(=O)O)c2ccccc2)n1. The number of carboxylic acid groups (broad SMARTS) is 1. The zero-order valence-electron chi connectivity index (χ0n) is 11.4. The second-order valence-corrected chi connectivity index (χ2v) is 5.30. The van der Waals surface area contributed by atoms with Crippen LogP contribution in [-0.4, -0.2) is 28.6 Å². The van der Waals surface area contributed by atoms with Crippen molar-refractivity contribution in [3.05, 3.63) is 46.4 Å². The first-order valence-electron chi connectivity index (χ1n) is 6.29. The first kappa shape index (κ1) is 15.0. The molecule has 0 saturated carbocycles. The van der Waals surface area contributed by atoms with Crippen molar-refractivity contribution in [3.8, 4) is 0 Å². The van der Waals surface area contributed by atoms with E-state index < -0.39 is 18.5 Å². The van der Waals surface area contributed by atoms with Crippen molar-refractivity contribution in [1.29, 1.82) is 0 Å². The predicted molar refractivity (Wildman–Crippen MR) is 80.5 cm³/mol. The van der Waals surface area contributed by atoms with Crippen LogP contribution in [0, 0.1) is 6.92 Å². The van der Waals surface area contributed by atoms with Gasteiger partial charge >= 0.3 is 12.0 Å². The van der Waals surface area contributed by atoms with Gasteiger partial charge in [0.1, 0.15) is 11.6 Å². The molecule has 0 spiro atoms. The molecule has 2 rings (SSSR count). The average molecular weight is 305 g/mol. The van der Waals surface area contributed by atoms with Gasteiger partial charge in [-0.25, -0.2) is 9.78 Å². The lowest BCUT2D eigenvalue weighted by Gasteiger charge is -2.21. The number of para-hydroxylation sites is 1. The highest BCUT2D eigenvalue weighted by atomic mass is 32.1. The van der Waals surface area contributed by atoms with E-state index in [1.54, 1.807) is 30.3 Å². The summed E-state index contributed by atoms with van der Waals surface area (Å²) < 4.78 is 0. The monoisotopic (exact) mass is 305 g/mol. The molecule has 0 fully saturated rings. The van der Waals surface area contributed by atoms with E-state index in [4.69, 9.17) is 5.11 Å². The van der Waals surface area contributed by atoms with Gasteiger partial charge in [-0.15, -0.1) is 11.3 Å². The van der Waals surface area contributed by atoms with Crippen LogP contribution >= 0.6 is 11.3 Å². The third-order valence-electron chi connectivity index (χ3n) is 2.66. The topological polar surface area (TPSA) is 82.5 Å². The minimum absolute atomic E-state index is 0.278. The molecule has 110 valence electrons. The Morgan fingerprint density at radius 1 is 1.33 bits per heavy atom. The van der Waals surface area contributed by atoms with Crippen LogP contribution in [0.5, 0.6) is 0 Å². The van der Waals surface area contributed by atoms with Crippen LogP contribution in [0.25, 0.3) is 0 Å². The van der Waals surface area contributed by atoms with E-state index >= 15 is 0 Å². The van der Waals surface area contributed by atoms with E-state index in [0.29, 0.717) is 5.69 Å². The second kappa shape index (κ2) is 6.85. The summed E-state index contributed by atoms with van der Waals surface area (Å²) in [6.07, 6.45) is 0. The molecule has 0 aliphatic heterocycles. The number of nitrogens with one attached hydrogen (secondary N) is 1. The molecular formula is C14H15N3O3S. The first-order valence-corrected chi connectivity index (χ1v) is 7.17. The summed E-state index contributed by atoms with van der Waals surface area (Å²) in [6.45, 7) is 1.76. The Labute approximate surface area is 126 Å². The number of thiazole rings is 1. The molecule has 6 nitrogen and oxygen atoms in total. The summed E-state index contributed by atoms with van der Waals surface area (Å²) >= 11 is 1.45. The lowest BCUT2D eigenvalue weighted by atomic mass is 10.3. The number of hydrogen-bond donors (Lipinski definition) is 2. The highest BCUT2D eigenvalue weighted by molar-refractivity contribution is 7.09. The Kier molecular flexibility index (Phi) is 4.89. The van der Waals surface area contributed by atoms with E-state index in [1.807, 2.05) is 12.3 Å². The van der Waals surface area contributed by atoms with Crippen LogP contribution in [0.15, 0.2) is 35.7 Å². The highest BCUT2D eigenvalue weighted by Crippen LogP contribution is 2.14. The van der Waals surface area contributed by atoms with E-state index in [-0.39, 0.29) is 6.54 Å². The summed E-state index contributed by atoms with van der Waals surface area (Å²) in [5.41, 5.74) is 1.43. The number of aromatic nitrogens is 1. The third-order valence-corrected chi connectivity index (χ3v) is 3.63. The first-order chi connectivity index (χ1) is 10.1. The van der Waals surface area contributed by atoms with Gasteiger partial charge < -0.3 is 10.4 Å². The minimum atomic E-state index is -1.07. The fourth-order valence-corrected chi connectivity index (χ4v) is 2.47. The lowest BCUT2D eigenvalue weighted by molar-refractivity contribution is -0.135. The van der Waals surface area contributed by atoms with Gasteiger partial charge in [-0.05, 0) is 19.1 Å². The number of rotatable bonds is 5. The molecule has 0 aliphatic rings. The van der Waals surface area contributed by atoms with Crippen molar-refractivity contribution in [3.63, 3.8) is 0 Å². The van der Waals surface area contributed by atoms with Gasteiger partial charge in [0.05, 0.1) is 6.54 Å². The number of benzene rings is 1. The van der Waals surface area contributed by atoms with Crippen molar-refractivity contribution in [1.82, 2.24) is 10.3 Å². The Bertz CT molecular complexity index is 627. The van der Waals surface area contributed by atoms with Gasteiger partial charge in [0.25, 0.3) is 0 Å². The number of carboxylic acids is 1. The molecule has 0 saturated heterocycles. The molecule has 0 bridgehead atoms. The smallest absolute Gasteiger partial charge is 0.323 e. The molecule has 0 radical (unpaired) electrons. The molecule has 0 aliphatic carbocycles. The maximum atomic E-state index is 12.2. The van der Waals surface area contributed by atoms with Gasteiger partial charge in [0.2, 0.25) is 0 Å². The minimum Gasteiger partial charge on any atom is -0.480 e. The molecule has 2 N–H and O–H groups in total. The molecular weight excluding hydrogens is 290 g/mol. The van der Waals surface area contributed by atoms with Crippen LogP contribution in [0.4, 0.5) is 10.5 Å². The molecule has 2 amide bonds. The van der Waals surface area contributed by atoms with Crippen LogP contribution in [-0.2, 0) is 11.3 Å². The second-order valence-electron chi connectivity index (χ2n) is 4.36. The Morgan fingerprint density at radius 3 is 2.62 bits per heavy atom. The van der Waals surface area contributed by atoms with Gasteiger partial charge in [-0.2, -0.15) is 0 Å². The quantitative estimate of drug-likeness (QED) is 0.887. The fourth-order valence-electron chi connectivity index (χ4n) is 1.75. The Hall–Kier alpha value is -2.41. The van der Waals surface area contributed by atoms with Crippen LogP contribution in [0.1, 0.15) is 10.7 Å². The van der Waals surface area contributed by atoms with Gasteiger partial charge in [0, 0.05) is 16.8 Å². The largest absolute Gasteiger partial charge is 0.480 e. The molecule has 1 aromatic heterocycles. The zero-order chi connectivity index (χ0) is 15.2. The van der Waals surface area contributed by atoms with Gasteiger partial charge in [-0.1, -0.05) is 18.2 Å². The normalized spacial score (nSPS) is 10.1. The number of carbonyl (C=O) groups excluding carboxylic acids is 1. The van der Waals surface area contributed by atoms with Crippen LogP contribution in [0.3, 0.4) is 0 Å². The number of carbonyl (C=O) groups is 2. The maximum Gasteiger partial charge on any atom is 0.323 e. The number of nitrogens with zero attached hydrogens (tertiary/aromatic N) is 2. The highest BCUT2D eigenvalue weighted by Gasteiger charge is 2.18. The van der Waals surface area contributed by atoms with E-state index in [2.05, 4.69) is 10.3 Å². The molecule has 1 aromatic carbocycles. The van der Waals surface area contributed by atoms with Crippen molar-refractivity contribution < 1.29 is 14.7 Å². The fraction of sp³-hybridized carbons (Fsp3) is 0.214. The molecule has 0 unspecified atom stereocenters. The summed E-state index contributed by atoms with van der Waals surface area (Å²) in [5.74, 6) is -1.07. The van der Waals surface area contributed by atoms with Crippen molar-refractivity contribution in [2.75, 3.05) is 11.4 Å².